The Hall–Kier alpha value is -0.930. The summed E-state index contributed by atoms with van der Waals surface area (Å²) in [6.07, 6.45) is 2.40. The van der Waals surface area contributed by atoms with Crippen LogP contribution in [-0.2, 0) is 4.74 Å². The molecule has 1 aromatic carbocycles. The molecule has 0 saturated carbocycles. The third kappa shape index (κ3) is 3.79. The smallest absolute Gasteiger partial charge is 0.138 e. The van der Waals surface area contributed by atoms with Gasteiger partial charge >= 0.3 is 0 Å². The molecule has 1 N–H and O–H groups in total. The predicted molar refractivity (Wildman–Crippen MR) is 74.7 cm³/mol. The Labute approximate surface area is 113 Å². The van der Waals surface area contributed by atoms with E-state index in [1.54, 1.807) is 0 Å². The van der Waals surface area contributed by atoms with E-state index in [9.17, 15) is 0 Å². The van der Waals surface area contributed by atoms with Crippen LogP contribution in [0, 0.1) is 5.92 Å². The van der Waals surface area contributed by atoms with Crippen molar-refractivity contribution in [3.8, 4) is 5.75 Å². The number of anilines is 1. The molecule has 0 aliphatic carbocycles. The lowest BCUT2D eigenvalue weighted by Crippen LogP contribution is -2.24. The summed E-state index contributed by atoms with van der Waals surface area (Å²) in [4.78, 5) is 0. The Morgan fingerprint density at radius 1 is 1.50 bits per heavy atom. The number of benzene rings is 1. The fourth-order valence-corrected chi connectivity index (χ4v) is 2.35. The molecule has 1 atom stereocenters. The van der Waals surface area contributed by atoms with Gasteiger partial charge in [0.2, 0.25) is 0 Å². The second kappa shape index (κ2) is 6.86. The molecule has 1 aliphatic rings. The molecule has 4 heteroatoms. The zero-order chi connectivity index (χ0) is 12.8. The second-order valence-electron chi connectivity index (χ2n) is 4.54. The molecule has 100 valence electrons. The maximum absolute atomic E-state index is 6.14. The van der Waals surface area contributed by atoms with Crippen molar-refractivity contribution in [3.63, 3.8) is 0 Å². The lowest BCUT2D eigenvalue weighted by atomic mass is 10.0. The van der Waals surface area contributed by atoms with Crippen molar-refractivity contribution in [2.24, 2.45) is 5.92 Å². The zero-order valence-electron chi connectivity index (χ0n) is 10.7. The van der Waals surface area contributed by atoms with E-state index in [4.69, 9.17) is 21.1 Å². The third-order valence-corrected chi connectivity index (χ3v) is 3.38. The highest BCUT2D eigenvalue weighted by Gasteiger charge is 2.13. The highest BCUT2D eigenvalue weighted by Crippen LogP contribution is 2.28. The molecule has 1 aromatic rings. The van der Waals surface area contributed by atoms with Crippen molar-refractivity contribution in [2.45, 2.75) is 19.8 Å². The normalized spacial score (nSPS) is 19.6. The van der Waals surface area contributed by atoms with E-state index in [-0.39, 0.29) is 0 Å². The quantitative estimate of drug-likeness (QED) is 0.886. The van der Waals surface area contributed by atoms with Gasteiger partial charge in [-0.15, -0.1) is 0 Å². The standard InChI is InChI=1S/C14H20ClNO2/c1-2-18-14-6-5-12(8-13(14)15)16-9-11-4-3-7-17-10-11/h5-6,8,11,16H,2-4,7,9-10H2,1H3. The van der Waals surface area contributed by atoms with Crippen molar-refractivity contribution >= 4 is 17.3 Å². The molecule has 0 amide bonds. The van der Waals surface area contributed by atoms with Gasteiger partial charge in [-0.2, -0.15) is 0 Å². The van der Waals surface area contributed by atoms with Crippen LogP contribution in [-0.4, -0.2) is 26.4 Å². The molecule has 0 spiro atoms. The molecular weight excluding hydrogens is 250 g/mol. The van der Waals surface area contributed by atoms with E-state index in [1.807, 2.05) is 25.1 Å². The van der Waals surface area contributed by atoms with E-state index in [2.05, 4.69) is 5.32 Å². The Balaban J connectivity index is 1.87. The van der Waals surface area contributed by atoms with Gasteiger partial charge in [-0.25, -0.2) is 0 Å². The van der Waals surface area contributed by atoms with E-state index >= 15 is 0 Å². The van der Waals surface area contributed by atoms with Crippen LogP contribution in [0.3, 0.4) is 0 Å². The van der Waals surface area contributed by atoms with Crippen LogP contribution in [0.15, 0.2) is 18.2 Å². The monoisotopic (exact) mass is 269 g/mol. The Morgan fingerprint density at radius 3 is 3.06 bits per heavy atom. The van der Waals surface area contributed by atoms with Crippen LogP contribution in [0.25, 0.3) is 0 Å². The predicted octanol–water partition coefficient (Wildman–Crippen LogP) is 3.58. The molecule has 1 unspecified atom stereocenters. The molecule has 0 aromatic heterocycles. The molecular formula is C14H20ClNO2. The first-order chi connectivity index (χ1) is 8.79. The molecule has 2 rings (SSSR count). The number of rotatable bonds is 5. The Kier molecular flexibility index (Phi) is 5.14. The number of halogens is 1. The summed E-state index contributed by atoms with van der Waals surface area (Å²) < 4.78 is 10.9. The van der Waals surface area contributed by atoms with Crippen molar-refractivity contribution < 1.29 is 9.47 Å². The van der Waals surface area contributed by atoms with Gasteiger partial charge in [0.25, 0.3) is 0 Å². The molecule has 3 nitrogen and oxygen atoms in total. The molecule has 1 fully saturated rings. The van der Waals surface area contributed by atoms with Crippen molar-refractivity contribution in [1.29, 1.82) is 0 Å². The highest BCUT2D eigenvalue weighted by atomic mass is 35.5. The van der Waals surface area contributed by atoms with Crippen molar-refractivity contribution in [2.75, 3.05) is 31.7 Å². The minimum Gasteiger partial charge on any atom is -0.492 e. The maximum atomic E-state index is 6.14. The summed E-state index contributed by atoms with van der Waals surface area (Å²) in [6.45, 7) is 5.28. The molecule has 18 heavy (non-hydrogen) atoms. The minimum atomic E-state index is 0.601. The lowest BCUT2D eigenvalue weighted by Gasteiger charge is -2.22. The van der Waals surface area contributed by atoms with Crippen LogP contribution < -0.4 is 10.1 Å². The molecule has 0 radical (unpaired) electrons. The number of hydrogen-bond donors (Lipinski definition) is 1. The van der Waals surface area contributed by atoms with Crippen molar-refractivity contribution in [1.82, 2.24) is 0 Å². The number of ether oxygens (including phenoxy) is 2. The summed E-state index contributed by atoms with van der Waals surface area (Å²) in [7, 11) is 0. The van der Waals surface area contributed by atoms with Crippen LogP contribution in [0.1, 0.15) is 19.8 Å². The van der Waals surface area contributed by atoms with Crippen LogP contribution >= 0.6 is 11.6 Å². The average molecular weight is 270 g/mol. The van der Waals surface area contributed by atoms with Gasteiger partial charge in [-0.05, 0) is 43.9 Å². The van der Waals surface area contributed by atoms with Crippen LogP contribution in [0.4, 0.5) is 5.69 Å². The summed E-state index contributed by atoms with van der Waals surface area (Å²) in [5, 5.41) is 4.06. The summed E-state index contributed by atoms with van der Waals surface area (Å²) in [5.74, 6) is 1.34. The van der Waals surface area contributed by atoms with Crippen LogP contribution in [0.5, 0.6) is 5.75 Å². The molecule has 1 aliphatic heterocycles. The van der Waals surface area contributed by atoms with E-state index in [0.29, 0.717) is 17.5 Å². The Bertz CT molecular complexity index is 378. The second-order valence-corrected chi connectivity index (χ2v) is 4.95. The average Bonchev–Trinajstić information content (AvgIpc) is 2.41. The fourth-order valence-electron chi connectivity index (χ4n) is 2.11. The number of hydrogen-bond acceptors (Lipinski definition) is 3. The van der Waals surface area contributed by atoms with E-state index in [1.165, 1.54) is 6.42 Å². The van der Waals surface area contributed by atoms with Crippen molar-refractivity contribution in [3.05, 3.63) is 23.2 Å². The minimum absolute atomic E-state index is 0.601. The Morgan fingerprint density at radius 2 is 2.39 bits per heavy atom. The van der Waals surface area contributed by atoms with E-state index < -0.39 is 0 Å². The summed E-state index contributed by atoms with van der Waals surface area (Å²) in [5.41, 5.74) is 1.04. The van der Waals surface area contributed by atoms with E-state index in [0.717, 1.165) is 37.6 Å². The summed E-state index contributed by atoms with van der Waals surface area (Å²) in [6, 6.07) is 5.82. The van der Waals surface area contributed by atoms with Gasteiger partial charge < -0.3 is 14.8 Å². The third-order valence-electron chi connectivity index (χ3n) is 3.08. The fraction of sp³-hybridized carbons (Fsp3) is 0.571. The van der Waals surface area contributed by atoms with Gasteiger partial charge in [-0.1, -0.05) is 11.6 Å². The molecule has 1 heterocycles. The topological polar surface area (TPSA) is 30.5 Å². The molecule has 1 saturated heterocycles. The molecule has 0 bridgehead atoms. The summed E-state index contributed by atoms with van der Waals surface area (Å²) >= 11 is 6.14. The zero-order valence-corrected chi connectivity index (χ0v) is 11.5. The van der Waals surface area contributed by atoms with Gasteiger partial charge in [-0.3, -0.25) is 0 Å². The lowest BCUT2D eigenvalue weighted by molar-refractivity contribution is 0.0595. The van der Waals surface area contributed by atoms with Gasteiger partial charge in [0.05, 0.1) is 18.2 Å². The van der Waals surface area contributed by atoms with Gasteiger partial charge in [0, 0.05) is 18.8 Å². The first-order valence-corrected chi connectivity index (χ1v) is 6.91. The van der Waals surface area contributed by atoms with Crippen LogP contribution in [0.2, 0.25) is 5.02 Å². The first kappa shape index (κ1) is 13.5. The van der Waals surface area contributed by atoms with Gasteiger partial charge in [0.1, 0.15) is 5.75 Å². The maximum Gasteiger partial charge on any atom is 0.138 e. The largest absolute Gasteiger partial charge is 0.492 e. The SMILES string of the molecule is CCOc1ccc(NCC2CCCOC2)cc1Cl. The van der Waals surface area contributed by atoms with Gasteiger partial charge in [0.15, 0.2) is 0 Å². The first-order valence-electron chi connectivity index (χ1n) is 6.53. The highest BCUT2D eigenvalue weighted by molar-refractivity contribution is 6.32. The number of nitrogens with one attached hydrogen (secondary N) is 1.